The number of hydrogen-bond acceptors (Lipinski definition) is 2. The lowest BCUT2D eigenvalue weighted by Crippen LogP contribution is -2.26. The molecule has 0 unspecified atom stereocenters. The summed E-state index contributed by atoms with van der Waals surface area (Å²) >= 11 is 0. The second-order valence-electron chi connectivity index (χ2n) is 2.76. The van der Waals surface area contributed by atoms with Crippen molar-refractivity contribution in [2.45, 2.75) is 12.8 Å². The lowest BCUT2D eigenvalue weighted by molar-refractivity contribution is -0.128. The van der Waals surface area contributed by atoms with Crippen LogP contribution in [-0.4, -0.2) is 31.5 Å². The lowest BCUT2D eigenvalue weighted by atomic mass is 10.2. The van der Waals surface area contributed by atoms with E-state index in [1.54, 1.807) is 14.1 Å². The van der Waals surface area contributed by atoms with Crippen molar-refractivity contribution in [1.29, 1.82) is 0 Å². The molecule has 0 atom stereocenters. The van der Waals surface area contributed by atoms with Gasteiger partial charge in [0.25, 0.3) is 5.91 Å². The van der Waals surface area contributed by atoms with E-state index in [0.29, 0.717) is 12.4 Å². The summed E-state index contributed by atoms with van der Waals surface area (Å²) in [5.41, 5.74) is 0. The minimum absolute atomic E-state index is 0.0373. The predicted molar refractivity (Wildman–Crippen MR) is 42.0 cm³/mol. The van der Waals surface area contributed by atoms with Gasteiger partial charge in [-0.3, -0.25) is 4.79 Å². The van der Waals surface area contributed by atoms with Crippen molar-refractivity contribution in [3.8, 4) is 0 Å². The fourth-order valence-corrected chi connectivity index (χ4v) is 0.927. The van der Waals surface area contributed by atoms with Crippen LogP contribution in [0.1, 0.15) is 12.8 Å². The summed E-state index contributed by atoms with van der Waals surface area (Å²) in [7, 11) is 3.45. The molecule has 0 aromatic carbocycles. The minimum atomic E-state index is -0.0373. The normalized spacial score (nSPS) is 16.7. The molecular weight excluding hydrogens is 142 g/mol. The number of carbonyl (C=O) groups is 1. The summed E-state index contributed by atoms with van der Waals surface area (Å²) < 4.78 is 5.17. The number of ether oxygens (including phenoxy) is 1. The van der Waals surface area contributed by atoms with E-state index in [2.05, 4.69) is 0 Å². The van der Waals surface area contributed by atoms with Crippen molar-refractivity contribution in [3.05, 3.63) is 11.8 Å². The summed E-state index contributed by atoms with van der Waals surface area (Å²) in [6.45, 7) is 0.672. The van der Waals surface area contributed by atoms with Gasteiger partial charge in [-0.25, -0.2) is 0 Å². The zero-order valence-electron chi connectivity index (χ0n) is 6.96. The highest BCUT2D eigenvalue weighted by atomic mass is 16.5. The number of allylic oxidation sites excluding steroid dienone is 1. The second kappa shape index (κ2) is 3.42. The molecule has 1 aliphatic heterocycles. The predicted octanol–water partition coefficient (Wildman–Crippen LogP) is 0.769. The van der Waals surface area contributed by atoms with E-state index >= 15 is 0 Å². The van der Waals surface area contributed by atoms with Crippen LogP contribution < -0.4 is 0 Å². The second-order valence-corrected chi connectivity index (χ2v) is 2.76. The molecule has 0 spiro atoms. The highest BCUT2D eigenvalue weighted by Gasteiger charge is 2.14. The average Bonchev–Trinajstić information content (AvgIpc) is 2.05. The monoisotopic (exact) mass is 155 g/mol. The van der Waals surface area contributed by atoms with Gasteiger partial charge in [-0.05, 0) is 18.9 Å². The van der Waals surface area contributed by atoms with Crippen molar-refractivity contribution in [2.24, 2.45) is 0 Å². The van der Waals surface area contributed by atoms with Crippen LogP contribution in [0.3, 0.4) is 0 Å². The maximum atomic E-state index is 11.2. The molecule has 1 heterocycles. The highest BCUT2D eigenvalue weighted by molar-refractivity contribution is 5.91. The first-order valence-corrected chi connectivity index (χ1v) is 3.76. The molecule has 1 aliphatic rings. The molecule has 0 fully saturated rings. The standard InChI is InChI=1S/C8H13NO2/c1-9(2)8(10)7-5-3-4-6-11-7/h5H,3-4,6H2,1-2H3. The topological polar surface area (TPSA) is 29.5 Å². The first-order valence-electron chi connectivity index (χ1n) is 3.76. The van der Waals surface area contributed by atoms with Crippen LogP contribution in [0.2, 0.25) is 0 Å². The Morgan fingerprint density at radius 1 is 1.64 bits per heavy atom. The zero-order valence-corrected chi connectivity index (χ0v) is 6.96. The van der Waals surface area contributed by atoms with E-state index in [9.17, 15) is 4.79 Å². The summed E-state index contributed by atoms with van der Waals surface area (Å²) in [6, 6.07) is 0. The molecule has 0 radical (unpaired) electrons. The van der Waals surface area contributed by atoms with Gasteiger partial charge in [0, 0.05) is 14.1 Å². The van der Waals surface area contributed by atoms with Gasteiger partial charge in [-0.15, -0.1) is 0 Å². The van der Waals surface area contributed by atoms with Crippen molar-refractivity contribution < 1.29 is 9.53 Å². The molecule has 11 heavy (non-hydrogen) atoms. The SMILES string of the molecule is CN(C)C(=O)C1=CCCCO1. The molecule has 0 bridgehead atoms. The van der Waals surface area contributed by atoms with Crippen LogP contribution in [0.15, 0.2) is 11.8 Å². The van der Waals surface area contributed by atoms with E-state index in [0.717, 1.165) is 12.8 Å². The molecule has 0 aromatic heterocycles. The van der Waals surface area contributed by atoms with E-state index < -0.39 is 0 Å². The Labute approximate surface area is 66.6 Å². The Bertz CT molecular complexity index is 185. The highest BCUT2D eigenvalue weighted by Crippen LogP contribution is 2.10. The Hall–Kier alpha value is -0.990. The Kier molecular flexibility index (Phi) is 2.52. The number of rotatable bonds is 1. The fraction of sp³-hybridized carbons (Fsp3) is 0.625. The van der Waals surface area contributed by atoms with Crippen LogP contribution in [0.25, 0.3) is 0 Å². The summed E-state index contributed by atoms with van der Waals surface area (Å²) in [4.78, 5) is 12.8. The lowest BCUT2D eigenvalue weighted by Gasteiger charge is -2.17. The summed E-state index contributed by atoms with van der Waals surface area (Å²) in [6.07, 6.45) is 3.82. The molecule has 0 aromatic rings. The first kappa shape index (κ1) is 8.11. The molecule has 0 saturated carbocycles. The third kappa shape index (κ3) is 1.97. The number of hydrogen-bond donors (Lipinski definition) is 0. The molecule has 0 aliphatic carbocycles. The average molecular weight is 155 g/mol. The third-order valence-corrected chi connectivity index (χ3v) is 1.55. The summed E-state index contributed by atoms with van der Waals surface area (Å²) in [5, 5.41) is 0. The van der Waals surface area contributed by atoms with Gasteiger partial charge < -0.3 is 9.64 Å². The molecule has 3 heteroatoms. The van der Waals surface area contributed by atoms with Gasteiger partial charge in [0.2, 0.25) is 0 Å². The van der Waals surface area contributed by atoms with Crippen molar-refractivity contribution in [3.63, 3.8) is 0 Å². The van der Waals surface area contributed by atoms with Crippen LogP contribution in [0, 0.1) is 0 Å². The van der Waals surface area contributed by atoms with E-state index in [-0.39, 0.29) is 5.91 Å². The number of carbonyl (C=O) groups excluding carboxylic acids is 1. The van der Waals surface area contributed by atoms with Gasteiger partial charge in [0.15, 0.2) is 5.76 Å². The van der Waals surface area contributed by atoms with Crippen molar-refractivity contribution in [1.82, 2.24) is 4.90 Å². The number of likely N-dealkylation sites (N-methyl/N-ethyl adjacent to an activating group) is 1. The third-order valence-electron chi connectivity index (χ3n) is 1.55. The number of amides is 1. The van der Waals surface area contributed by atoms with Crippen LogP contribution in [-0.2, 0) is 9.53 Å². The molecule has 0 N–H and O–H groups in total. The smallest absolute Gasteiger partial charge is 0.288 e. The van der Waals surface area contributed by atoms with E-state index in [1.807, 2.05) is 6.08 Å². The Morgan fingerprint density at radius 3 is 2.82 bits per heavy atom. The van der Waals surface area contributed by atoms with Crippen LogP contribution in [0.4, 0.5) is 0 Å². The Balaban J connectivity index is 2.58. The van der Waals surface area contributed by atoms with Gasteiger partial charge in [-0.2, -0.15) is 0 Å². The Morgan fingerprint density at radius 2 is 2.36 bits per heavy atom. The van der Waals surface area contributed by atoms with E-state index in [4.69, 9.17) is 4.74 Å². The molecular formula is C8H13NO2. The van der Waals surface area contributed by atoms with Gasteiger partial charge in [-0.1, -0.05) is 0 Å². The van der Waals surface area contributed by atoms with E-state index in [1.165, 1.54) is 4.90 Å². The van der Waals surface area contributed by atoms with Gasteiger partial charge in [0.1, 0.15) is 0 Å². The fourth-order valence-electron chi connectivity index (χ4n) is 0.927. The maximum Gasteiger partial charge on any atom is 0.288 e. The number of nitrogens with zero attached hydrogens (tertiary/aromatic N) is 1. The minimum Gasteiger partial charge on any atom is -0.488 e. The molecule has 62 valence electrons. The van der Waals surface area contributed by atoms with Gasteiger partial charge in [0.05, 0.1) is 6.61 Å². The largest absolute Gasteiger partial charge is 0.488 e. The quantitative estimate of drug-likeness (QED) is 0.559. The molecule has 0 saturated heterocycles. The first-order chi connectivity index (χ1) is 5.22. The summed E-state index contributed by atoms with van der Waals surface area (Å²) in [5.74, 6) is 0.464. The van der Waals surface area contributed by atoms with Crippen LogP contribution in [0.5, 0.6) is 0 Å². The zero-order chi connectivity index (χ0) is 8.27. The van der Waals surface area contributed by atoms with Crippen molar-refractivity contribution in [2.75, 3.05) is 20.7 Å². The van der Waals surface area contributed by atoms with Crippen LogP contribution >= 0.6 is 0 Å². The van der Waals surface area contributed by atoms with Crippen molar-refractivity contribution >= 4 is 5.91 Å². The van der Waals surface area contributed by atoms with Gasteiger partial charge >= 0.3 is 0 Å². The molecule has 1 rings (SSSR count). The molecule has 1 amide bonds. The maximum absolute atomic E-state index is 11.2. The molecule has 3 nitrogen and oxygen atoms in total.